The smallest absolute Gasteiger partial charge is 0.341 e. The predicted molar refractivity (Wildman–Crippen MR) is 123 cm³/mol. The van der Waals surface area contributed by atoms with E-state index in [4.69, 9.17) is 14.6 Å². The van der Waals surface area contributed by atoms with E-state index in [0.717, 1.165) is 36.8 Å². The van der Waals surface area contributed by atoms with Gasteiger partial charge in [0, 0.05) is 30.5 Å². The SMILES string of the molecule is COc1cc2c(cc1OCCCCCCO)CC(C(C)(C)C)n1cc(C(=O)O)c(=O)cc1-2. The third kappa shape index (κ3) is 4.99. The van der Waals surface area contributed by atoms with Gasteiger partial charge in [-0.05, 0) is 48.8 Å². The number of aromatic carboxylic acids is 1. The molecule has 2 heterocycles. The van der Waals surface area contributed by atoms with E-state index in [0.29, 0.717) is 30.2 Å². The van der Waals surface area contributed by atoms with Gasteiger partial charge in [-0.15, -0.1) is 0 Å². The van der Waals surface area contributed by atoms with Gasteiger partial charge in [0.15, 0.2) is 16.9 Å². The van der Waals surface area contributed by atoms with Crippen LogP contribution in [0.4, 0.5) is 0 Å². The summed E-state index contributed by atoms with van der Waals surface area (Å²) >= 11 is 0. The Morgan fingerprint density at radius 1 is 1.12 bits per heavy atom. The standard InChI is InChI=1S/C25H33NO6/c1-25(2,3)23-12-16-11-22(32-10-8-6-5-7-9-27)21(31-4)13-17(16)19-14-20(28)18(24(29)30)15-26(19)23/h11,13-15,23,27H,5-10,12H2,1-4H3,(H,29,30). The molecule has 1 aliphatic rings. The number of ether oxygens (including phenoxy) is 2. The van der Waals surface area contributed by atoms with Gasteiger partial charge < -0.3 is 24.3 Å². The lowest BCUT2D eigenvalue weighted by Crippen LogP contribution is -2.32. The van der Waals surface area contributed by atoms with Crippen molar-refractivity contribution < 1.29 is 24.5 Å². The van der Waals surface area contributed by atoms with Crippen LogP contribution in [0.5, 0.6) is 11.5 Å². The van der Waals surface area contributed by atoms with Crippen LogP contribution in [0, 0.1) is 5.41 Å². The first kappa shape index (κ1) is 23.9. The van der Waals surface area contributed by atoms with Crippen molar-refractivity contribution >= 4 is 5.97 Å². The summed E-state index contributed by atoms with van der Waals surface area (Å²) in [7, 11) is 1.58. The first-order valence-corrected chi connectivity index (χ1v) is 11.1. The summed E-state index contributed by atoms with van der Waals surface area (Å²) in [5, 5.41) is 18.3. The third-order valence-electron chi connectivity index (χ3n) is 6.03. The zero-order valence-electron chi connectivity index (χ0n) is 19.3. The lowest BCUT2D eigenvalue weighted by molar-refractivity contribution is 0.0693. The average molecular weight is 444 g/mol. The normalized spacial score (nSPS) is 15.1. The molecule has 1 aromatic carbocycles. The van der Waals surface area contributed by atoms with E-state index in [-0.39, 0.29) is 23.6 Å². The van der Waals surface area contributed by atoms with Crippen LogP contribution in [0.15, 0.2) is 29.2 Å². The lowest BCUT2D eigenvalue weighted by atomic mass is 9.78. The molecule has 1 atom stereocenters. The molecule has 2 N–H and O–H groups in total. The highest BCUT2D eigenvalue weighted by molar-refractivity contribution is 5.88. The fraction of sp³-hybridized carbons (Fsp3) is 0.520. The van der Waals surface area contributed by atoms with Gasteiger partial charge in [0.05, 0.1) is 19.4 Å². The number of methoxy groups -OCH3 is 1. The Labute approximate surface area is 188 Å². The number of aliphatic hydroxyl groups is 1. The minimum absolute atomic E-state index is 0.0246. The second kappa shape index (κ2) is 9.77. The van der Waals surface area contributed by atoms with E-state index in [1.807, 2.05) is 16.7 Å². The molecular formula is C25H33NO6. The number of rotatable bonds is 9. The minimum Gasteiger partial charge on any atom is -0.493 e. The summed E-state index contributed by atoms with van der Waals surface area (Å²) in [6.07, 6.45) is 5.81. The Morgan fingerprint density at radius 3 is 2.47 bits per heavy atom. The molecule has 32 heavy (non-hydrogen) atoms. The number of aromatic nitrogens is 1. The van der Waals surface area contributed by atoms with Gasteiger partial charge in [-0.2, -0.15) is 0 Å². The lowest BCUT2D eigenvalue weighted by Gasteiger charge is -2.39. The number of hydrogen-bond acceptors (Lipinski definition) is 5. The van der Waals surface area contributed by atoms with Crippen LogP contribution in [0.1, 0.15) is 68.4 Å². The van der Waals surface area contributed by atoms with Crippen molar-refractivity contribution in [3.8, 4) is 22.8 Å². The molecule has 0 radical (unpaired) electrons. The number of unbranched alkanes of at least 4 members (excludes halogenated alkanes) is 3. The summed E-state index contributed by atoms with van der Waals surface area (Å²) in [4.78, 5) is 24.1. The highest BCUT2D eigenvalue weighted by Gasteiger charge is 2.34. The van der Waals surface area contributed by atoms with Gasteiger partial charge in [-0.3, -0.25) is 4.79 Å². The van der Waals surface area contributed by atoms with Crippen molar-refractivity contribution in [2.45, 2.75) is 58.9 Å². The summed E-state index contributed by atoms with van der Waals surface area (Å²) in [6.45, 7) is 7.10. The Kier molecular flexibility index (Phi) is 7.29. The average Bonchev–Trinajstić information content (AvgIpc) is 2.73. The molecule has 2 aromatic rings. The summed E-state index contributed by atoms with van der Waals surface area (Å²) in [5.41, 5.74) is 1.70. The van der Waals surface area contributed by atoms with Gasteiger partial charge in [0.25, 0.3) is 0 Å². The number of fused-ring (bicyclic) bond motifs is 3. The van der Waals surface area contributed by atoms with Crippen LogP contribution in [-0.4, -0.2) is 41.1 Å². The quantitative estimate of drug-likeness (QED) is 0.561. The highest BCUT2D eigenvalue weighted by atomic mass is 16.5. The van der Waals surface area contributed by atoms with Crippen molar-refractivity contribution in [2.24, 2.45) is 5.41 Å². The molecule has 0 aliphatic carbocycles. The van der Waals surface area contributed by atoms with E-state index in [2.05, 4.69) is 20.8 Å². The molecule has 0 spiro atoms. The second-order valence-corrected chi connectivity index (χ2v) is 9.38. The highest BCUT2D eigenvalue weighted by Crippen LogP contribution is 2.45. The summed E-state index contributed by atoms with van der Waals surface area (Å²) in [6, 6.07) is 5.26. The van der Waals surface area contributed by atoms with Crippen LogP contribution >= 0.6 is 0 Å². The fourth-order valence-electron chi connectivity index (χ4n) is 4.25. The number of hydrogen-bond donors (Lipinski definition) is 2. The molecule has 0 fully saturated rings. The molecule has 1 unspecified atom stereocenters. The van der Waals surface area contributed by atoms with E-state index >= 15 is 0 Å². The molecule has 7 nitrogen and oxygen atoms in total. The van der Waals surface area contributed by atoms with Gasteiger partial charge in [-0.1, -0.05) is 27.2 Å². The van der Waals surface area contributed by atoms with Crippen LogP contribution in [0.2, 0.25) is 0 Å². The molecule has 174 valence electrons. The zero-order valence-corrected chi connectivity index (χ0v) is 19.3. The maximum absolute atomic E-state index is 12.5. The third-order valence-corrected chi connectivity index (χ3v) is 6.03. The maximum Gasteiger partial charge on any atom is 0.341 e. The number of aliphatic hydroxyl groups excluding tert-OH is 1. The van der Waals surface area contributed by atoms with Crippen molar-refractivity contribution in [1.82, 2.24) is 4.57 Å². The molecule has 0 bridgehead atoms. The predicted octanol–water partition coefficient (Wildman–Crippen LogP) is 4.30. The number of benzene rings is 1. The van der Waals surface area contributed by atoms with Crippen LogP contribution in [0.25, 0.3) is 11.3 Å². The molecule has 3 rings (SSSR count). The Morgan fingerprint density at radius 2 is 1.84 bits per heavy atom. The number of carboxylic acids is 1. The molecule has 1 aliphatic heterocycles. The molecule has 0 saturated carbocycles. The van der Waals surface area contributed by atoms with Crippen molar-refractivity contribution in [3.05, 3.63) is 45.7 Å². The van der Waals surface area contributed by atoms with E-state index in [1.165, 1.54) is 12.3 Å². The van der Waals surface area contributed by atoms with Crippen LogP contribution in [0.3, 0.4) is 0 Å². The van der Waals surface area contributed by atoms with Gasteiger partial charge >= 0.3 is 5.97 Å². The number of carbonyl (C=O) groups is 1. The molecule has 0 saturated heterocycles. The van der Waals surface area contributed by atoms with Crippen molar-refractivity contribution in [3.63, 3.8) is 0 Å². The topological polar surface area (TPSA) is 98.0 Å². The minimum atomic E-state index is -1.22. The fourth-order valence-corrected chi connectivity index (χ4v) is 4.25. The first-order chi connectivity index (χ1) is 15.2. The largest absolute Gasteiger partial charge is 0.493 e. The van der Waals surface area contributed by atoms with E-state index in [1.54, 1.807) is 7.11 Å². The number of pyridine rings is 1. The molecule has 0 amide bonds. The van der Waals surface area contributed by atoms with Crippen LogP contribution < -0.4 is 14.9 Å². The summed E-state index contributed by atoms with van der Waals surface area (Å²) < 4.78 is 13.5. The van der Waals surface area contributed by atoms with Gasteiger partial charge in [-0.25, -0.2) is 4.79 Å². The number of carboxylic acid groups (broad SMARTS) is 1. The zero-order chi connectivity index (χ0) is 23.5. The molecular weight excluding hydrogens is 410 g/mol. The van der Waals surface area contributed by atoms with Crippen molar-refractivity contribution in [2.75, 3.05) is 20.3 Å². The van der Waals surface area contributed by atoms with E-state index < -0.39 is 11.4 Å². The van der Waals surface area contributed by atoms with Gasteiger partial charge in [0.1, 0.15) is 5.56 Å². The van der Waals surface area contributed by atoms with Crippen LogP contribution in [-0.2, 0) is 6.42 Å². The van der Waals surface area contributed by atoms with Crippen molar-refractivity contribution in [1.29, 1.82) is 0 Å². The monoisotopic (exact) mass is 443 g/mol. The maximum atomic E-state index is 12.5. The molecule has 1 aromatic heterocycles. The van der Waals surface area contributed by atoms with E-state index in [9.17, 15) is 14.7 Å². The summed E-state index contributed by atoms with van der Waals surface area (Å²) in [5.74, 6) is 0.0257. The Hall–Kier alpha value is -2.80. The second-order valence-electron chi connectivity index (χ2n) is 9.38. The Bertz CT molecular complexity index is 1030. The van der Waals surface area contributed by atoms with Gasteiger partial charge in [0.2, 0.25) is 0 Å². The Balaban J connectivity index is 2.01. The first-order valence-electron chi connectivity index (χ1n) is 11.1. The number of nitrogens with zero attached hydrogens (tertiary/aromatic N) is 1. The molecule has 7 heteroatoms.